The highest BCUT2D eigenvalue weighted by Crippen LogP contribution is 2.43. The standard InChI is InChI=1S/C16H21NO4/c1-19-14-12(4-2-5-13(14)17)15(18)21-11-6-9-20-16(10-11)7-3-8-16/h2,4-5,11H,3,6-10,17H2,1H3. The lowest BCUT2D eigenvalue weighted by molar-refractivity contribution is -0.159. The molecule has 1 heterocycles. The molecule has 0 radical (unpaired) electrons. The average Bonchev–Trinajstić information content (AvgIpc) is 2.45. The zero-order chi connectivity index (χ0) is 14.9. The lowest BCUT2D eigenvalue weighted by Crippen LogP contribution is -2.48. The summed E-state index contributed by atoms with van der Waals surface area (Å²) in [5.41, 5.74) is 6.61. The Bertz CT molecular complexity index is 539. The second-order valence-electron chi connectivity index (χ2n) is 5.83. The van der Waals surface area contributed by atoms with Crippen LogP contribution in [0.4, 0.5) is 5.69 Å². The van der Waals surface area contributed by atoms with E-state index in [1.807, 2.05) is 0 Å². The van der Waals surface area contributed by atoms with E-state index in [4.69, 9.17) is 19.9 Å². The third-order valence-electron chi connectivity index (χ3n) is 4.46. The van der Waals surface area contributed by atoms with Crippen molar-refractivity contribution in [2.24, 2.45) is 0 Å². The molecule has 2 fully saturated rings. The maximum absolute atomic E-state index is 12.4. The largest absolute Gasteiger partial charge is 0.494 e. The third kappa shape index (κ3) is 2.70. The number of methoxy groups -OCH3 is 1. The molecule has 0 bridgehead atoms. The van der Waals surface area contributed by atoms with E-state index < -0.39 is 0 Å². The van der Waals surface area contributed by atoms with E-state index in [2.05, 4.69) is 0 Å². The molecule has 5 nitrogen and oxygen atoms in total. The molecule has 1 aliphatic heterocycles. The lowest BCUT2D eigenvalue weighted by atomic mass is 9.74. The molecule has 2 aliphatic rings. The Balaban J connectivity index is 1.70. The van der Waals surface area contributed by atoms with Crippen molar-refractivity contribution in [1.29, 1.82) is 0 Å². The zero-order valence-electron chi connectivity index (χ0n) is 12.3. The van der Waals surface area contributed by atoms with Crippen molar-refractivity contribution >= 4 is 11.7 Å². The number of ether oxygens (including phenoxy) is 3. The Morgan fingerprint density at radius 3 is 2.90 bits per heavy atom. The first-order chi connectivity index (χ1) is 10.1. The molecule has 1 unspecified atom stereocenters. The highest BCUT2D eigenvalue weighted by atomic mass is 16.6. The molecule has 1 aromatic carbocycles. The van der Waals surface area contributed by atoms with Crippen molar-refractivity contribution in [3.8, 4) is 5.75 Å². The van der Waals surface area contributed by atoms with Crippen molar-refractivity contribution in [2.45, 2.75) is 43.8 Å². The van der Waals surface area contributed by atoms with Gasteiger partial charge in [-0.1, -0.05) is 6.07 Å². The van der Waals surface area contributed by atoms with Crippen molar-refractivity contribution in [1.82, 2.24) is 0 Å². The van der Waals surface area contributed by atoms with Crippen LogP contribution in [-0.4, -0.2) is 31.4 Å². The van der Waals surface area contributed by atoms with Crippen molar-refractivity contribution < 1.29 is 19.0 Å². The van der Waals surface area contributed by atoms with Crippen LogP contribution in [0.5, 0.6) is 5.75 Å². The molecule has 114 valence electrons. The minimum absolute atomic E-state index is 0.0387. The number of rotatable bonds is 3. The molecular weight excluding hydrogens is 270 g/mol. The minimum atomic E-state index is -0.375. The SMILES string of the molecule is COc1c(N)cccc1C(=O)OC1CCOC2(CCC2)C1. The first-order valence-corrected chi connectivity index (χ1v) is 7.41. The van der Waals surface area contributed by atoms with Crippen LogP contribution in [0.15, 0.2) is 18.2 Å². The lowest BCUT2D eigenvalue weighted by Gasteiger charge is -2.46. The number of carbonyl (C=O) groups excluding carboxylic acids is 1. The maximum Gasteiger partial charge on any atom is 0.342 e. The van der Waals surface area contributed by atoms with Crippen molar-refractivity contribution in [3.05, 3.63) is 23.8 Å². The number of hydrogen-bond acceptors (Lipinski definition) is 5. The van der Waals surface area contributed by atoms with E-state index in [0.717, 1.165) is 25.7 Å². The van der Waals surface area contributed by atoms with Gasteiger partial charge in [0, 0.05) is 12.8 Å². The van der Waals surface area contributed by atoms with Crippen LogP contribution in [0, 0.1) is 0 Å². The fourth-order valence-corrected chi connectivity index (χ4v) is 3.16. The van der Waals surface area contributed by atoms with Crippen molar-refractivity contribution in [3.63, 3.8) is 0 Å². The van der Waals surface area contributed by atoms with Gasteiger partial charge in [-0.15, -0.1) is 0 Å². The van der Waals surface area contributed by atoms with Crippen LogP contribution in [-0.2, 0) is 9.47 Å². The molecule has 0 aromatic heterocycles. The Morgan fingerprint density at radius 1 is 1.43 bits per heavy atom. The van der Waals surface area contributed by atoms with Crippen LogP contribution >= 0.6 is 0 Å². The number of esters is 1. The highest BCUT2D eigenvalue weighted by molar-refractivity contribution is 5.94. The normalized spacial score (nSPS) is 23.4. The molecule has 3 rings (SSSR count). The van der Waals surface area contributed by atoms with Crippen LogP contribution < -0.4 is 10.5 Å². The summed E-state index contributed by atoms with van der Waals surface area (Å²) in [6, 6.07) is 5.11. The molecule has 0 amide bonds. The number of anilines is 1. The summed E-state index contributed by atoms with van der Waals surface area (Å²) < 4.78 is 16.7. The van der Waals surface area contributed by atoms with Crippen LogP contribution in [0.1, 0.15) is 42.5 Å². The van der Waals surface area contributed by atoms with Gasteiger partial charge in [-0.25, -0.2) is 4.79 Å². The van der Waals surface area contributed by atoms with Crippen molar-refractivity contribution in [2.75, 3.05) is 19.5 Å². The number of carbonyl (C=O) groups is 1. The second-order valence-corrected chi connectivity index (χ2v) is 5.83. The van der Waals surface area contributed by atoms with E-state index in [9.17, 15) is 4.79 Å². The molecule has 2 N–H and O–H groups in total. The van der Waals surface area contributed by atoms with Gasteiger partial charge in [0.25, 0.3) is 0 Å². The smallest absolute Gasteiger partial charge is 0.342 e. The molecule has 1 saturated heterocycles. The van der Waals surface area contributed by atoms with E-state index >= 15 is 0 Å². The van der Waals surface area contributed by atoms with E-state index in [-0.39, 0.29) is 17.7 Å². The number of benzene rings is 1. The van der Waals surface area contributed by atoms with Gasteiger partial charge in [-0.3, -0.25) is 0 Å². The molecule has 1 saturated carbocycles. The molecule has 5 heteroatoms. The Hall–Kier alpha value is -1.75. The summed E-state index contributed by atoms with van der Waals surface area (Å²) in [4.78, 5) is 12.4. The van der Waals surface area contributed by atoms with Gasteiger partial charge in [-0.2, -0.15) is 0 Å². The Kier molecular flexibility index (Phi) is 3.76. The monoisotopic (exact) mass is 291 g/mol. The first-order valence-electron chi connectivity index (χ1n) is 7.41. The van der Waals surface area contributed by atoms with Crippen LogP contribution in [0.2, 0.25) is 0 Å². The fraction of sp³-hybridized carbons (Fsp3) is 0.562. The predicted molar refractivity (Wildman–Crippen MR) is 78.4 cm³/mol. The van der Waals surface area contributed by atoms with Crippen LogP contribution in [0.3, 0.4) is 0 Å². The minimum Gasteiger partial charge on any atom is -0.494 e. The Labute approximate surface area is 124 Å². The topological polar surface area (TPSA) is 70.8 Å². The summed E-state index contributed by atoms with van der Waals surface area (Å²) in [7, 11) is 1.50. The van der Waals surface area contributed by atoms with E-state index in [0.29, 0.717) is 23.6 Å². The average molecular weight is 291 g/mol. The van der Waals surface area contributed by atoms with Gasteiger partial charge in [0.15, 0.2) is 5.75 Å². The molecule has 1 aliphatic carbocycles. The first kappa shape index (κ1) is 14.2. The van der Waals surface area contributed by atoms with Gasteiger partial charge < -0.3 is 19.9 Å². The molecule has 1 aromatic rings. The number of nitrogen functional groups attached to an aromatic ring is 1. The summed E-state index contributed by atoms with van der Waals surface area (Å²) in [6.45, 7) is 0.659. The molecule has 1 atom stereocenters. The van der Waals surface area contributed by atoms with Gasteiger partial charge in [0.05, 0.1) is 25.0 Å². The second kappa shape index (κ2) is 5.56. The summed E-state index contributed by atoms with van der Waals surface area (Å²) in [6.07, 6.45) is 4.80. The number of nitrogens with two attached hydrogens (primary N) is 1. The summed E-state index contributed by atoms with van der Waals surface area (Å²) >= 11 is 0. The number of hydrogen-bond donors (Lipinski definition) is 1. The zero-order valence-corrected chi connectivity index (χ0v) is 12.3. The quantitative estimate of drug-likeness (QED) is 0.684. The fourth-order valence-electron chi connectivity index (χ4n) is 3.16. The van der Waals surface area contributed by atoms with Gasteiger partial charge in [0.2, 0.25) is 0 Å². The predicted octanol–water partition coefficient (Wildman–Crippen LogP) is 2.54. The number of para-hydroxylation sites is 1. The molecular formula is C16H21NO4. The van der Waals surface area contributed by atoms with E-state index in [1.165, 1.54) is 13.5 Å². The third-order valence-corrected chi connectivity index (χ3v) is 4.46. The van der Waals surface area contributed by atoms with Crippen LogP contribution in [0.25, 0.3) is 0 Å². The summed E-state index contributed by atoms with van der Waals surface area (Å²) in [5, 5.41) is 0. The summed E-state index contributed by atoms with van der Waals surface area (Å²) in [5.74, 6) is 0.00782. The Morgan fingerprint density at radius 2 is 2.24 bits per heavy atom. The van der Waals surface area contributed by atoms with Gasteiger partial charge in [0.1, 0.15) is 11.7 Å². The van der Waals surface area contributed by atoms with E-state index in [1.54, 1.807) is 18.2 Å². The highest BCUT2D eigenvalue weighted by Gasteiger charge is 2.43. The maximum atomic E-state index is 12.4. The van der Waals surface area contributed by atoms with Gasteiger partial charge in [-0.05, 0) is 31.4 Å². The molecule has 21 heavy (non-hydrogen) atoms. The van der Waals surface area contributed by atoms with Gasteiger partial charge >= 0.3 is 5.97 Å². The molecule has 1 spiro atoms.